The summed E-state index contributed by atoms with van der Waals surface area (Å²) >= 11 is 6.38. The highest BCUT2D eigenvalue weighted by molar-refractivity contribution is 7.92. The Balaban J connectivity index is 2.09. The molecule has 3 rings (SSSR count). The summed E-state index contributed by atoms with van der Waals surface area (Å²) in [6, 6.07) is 18.3. The van der Waals surface area contributed by atoms with Gasteiger partial charge in [-0.2, -0.15) is 0 Å². The predicted molar refractivity (Wildman–Crippen MR) is 156 cm³/mol. The number of halogens is 1. The van der Waals surface area contributed by atoms with Crippen molar-refractivity contribution in [3.63, 3.8) is 0 Å². The monoisotopic (exact) mass is 569 g/mol. The van der Waals surface area contributed by atoms with Gasteiger partial charge in [0.1, 0.15) is 12.6 Å². The van der Waals surface area contributed by atoms with Crippen LogP contribution in [0.25, 0.3) is 0 Å². The fraction of sp³-hybridized carbons (Fsp3) is 0.333. The van der Waals surface area contributed by atoms with Gasteiger partial charge in [0.15, 0.2) is 0 Å². The Morgan fingerprint density at radius 3 is 2.21 bits per heavy atom. The van der Waals surface area contributed by atoms with Gasteiger partial charge in [0, 0.05) is 18.1 Å². The number of benzene rings is 3. The molecule has 208 valence electrons. The van der Waals surface area contributed by atoms with E-state index in [2.05, 4.69) is 5.32 Å². The van der Waals surface area contributed by atoms with Crippen molar-refractivity contribution in [3.8, 4) is 0 Å². The summed E-state index contributed by atoms with van der Waals surface area (Å²) < 4.78 is 28.9. The van der Waals surface area contributed by atoms with Crippen molar-refractivity contribution >= 4 is 39.1 Å². The maximum absolute atomic E-state index is 14.0. The first kappa shape index (κ1) is 30.2. The number of aryl methyl sites for hydroxylation is 3. The van der Waals surface area contributed by atoms with Gasteiger partial charge in [-0.3, -0.25) is 13.9 Å². The second-order valence-electron chi connectivity index (χ2n) is 9.59. The van der Waals surface area contributed by atoms with E-state index in [1.54, 1.807) is 30.3 Å². The van der Waals surface area contributed by atoms with Crippen LogP contribution >= 0.6 is 11.6 Å². The van der Waals surface area contributed by atoms with Crippen LogP contribution < -0.4 is 9.62 Å². The van der Waals surface area contributed by atoms with Crippen molar-refractivity contribution in [2.75, 3.05) is 17.4 Å². The number of hydrogen-bond donors (Lipinski definition) is 1. The molecule has 0 saturated heterocycles. The predicted octanol–water partition coefficient (Wildman–Crippen LogP) is 5.40. The minimum absolute atomic E-state index is 0.0543. The SMILES string of the molecule is CCNC(=O)[C@@H](CC)N(Cc1cccc(C)c1)C(=O)CN(c1ccc(C)c(Cl)c1)S(=O)(=O)c1ccc(C)cc1. The Morgan fingerprint density at radius 2 is 1.62 bits per heavy atom. The highest BCUT2D eigenvalue weighted by atomic mass is 35.5. The van der Waals surface area contributed by atoms with Gasteiger partial charge in [0.25, 0.3) is 10.0 Å². The molecule has 1 atom stereocenters. The molecule has 0 heterocycles. The van der Waals surface area contributed by atoms with E-state index in [4.69, 9.17) is 11.6 Å². The van der Waals surface area contributed by atoms with Crippen molar-refractivity contribution in [2.45, 2.75) is 58.5 Å². The van der Waals surface area contributed by atoms with Gasteiger partial charge in [-0.1, -0.05) is 72.1 Å². The smallest absolute Gasteiger partial charge is 0.264 e. The van der Waals surface area contributed by atoms with Gasteiger partial charge in [-0.05, 0) is 69.5 Å². The lowest BCUT2D eigenvalue weighted by Gasteiger charge is -2.33. The third-order valence-electron chi connectivity index (χ3n) is 6.50. The Labute approximate surface area is 236 Å². The Kier molecular flexibility index (Phi) is 10.2. The molecule has 0 aliphatic rings. The van der Waals surface area contributed by atoms with E-state index in [0.29, 0.717) is 18.0 Å². The summed E-state index contributed by atoms with van der Waals surface area (Å²) in [6.45, 7) is 9.35. The number of carbonyl (C=O) groups excluding carboxylic acids is 2. The highest BCUT2D eigenvalue weighted by Gasteiger charge is 2.33. The quantitative estimate of drug-likeness (QED) is 0.335. The summed E-state index contributed by atoms with van der Waals surface area (Å²) in [5.41, 5.74) is 3.82. The molecule has 0 aliphatic heterocycles. The molecule has 3 aromatic carbocycles. The molecule has 0 spiro atoms. The van der Waals surface area contributed by atoms with Crippen molar-refractivity contribution in [1.29, 1.82) is 0 Å². The largest absolute Gasteiger partial charge is 0.355 e. The lowest BCUT2D eigenvalue weighted by molar-refractivity contribution is -0.140. The molecule has 7 nitrogen and oxygen atoms in total. The van der Waals surface area contributed by atoms with Crippen LogP contribution in [-0.4, -0.2) is 44.3 Å². The first-order valence-electron chi connectivity index (χ1n) is 13.0. The lowest BCUT2D eigenvalue weighted by atomic mass is 10.1. The summed E-state index contributed by atoms with van der Waals surface area (Å²) in [6.07, 6.45) is 0.366. The van der Waals surface area contributed by atoms with E-state index in [-0.39, 0.29) is 23.0 Å². The molecular weight excluding hydrogens is 534 g/mol. The number of nitrogens with one attached hydrogen (secondary N) is 1. The molecular formula is C30H36ClN3O4S. The Morgan fingerprint density at radius 1 is 0.923 bits per heavy atom. The van der Waals surface area contributed by atoms with Crippen molar-refractivity contribution < 1.29 is 18.0 Å². The summed E-state index contributed by atoms with van der Waals surface area (Å²) in [5, 5.41) is 3.19. The maximum atomic E-state index is 14.0. The first-order chi connectivity index (χ1) is 18.5. The zero-order valence-corrected chi connectivity index (χ0v) is 24.6. The molecule has 2 amide bonds. The molecule has 0 unspecified atom stereocenters. The summed E-state index contributed by atoms with van der Waals surface area (Å²) in [7, 11) is -4.14. The van der Waals surface area contributed by atoms with Gasteiger partial charge in [0.2, 0.25) is 11.8 Å². The van der Waals surface area contributed by atoms with Crippen LogP contribution in [0.2, 0.25) is 5.02 Å². The van der Waals surface area contributed by atoms with Crippen LogP contribution in [0, 0.1) is 20.8 Å². The van der Waals surface area contributed by atoms with Crippen LogP contribution in [0.4, 0.5) is 5.69 Å². The topological polar surface area (TPSA) is 86.8 Å². The van der Waals surface area contributed by atoms with Crippen LogP contribution in [-0.2, 0) is 26.2 Å². The van der Waals surface area contributed by atoms with E-state index < -0.39 is 28.5 Å². The number of carbonyl (C=O) groups is 2. The number of hydrogen-bond acceptors (Lipinski definition) is 4. The number of anilines is 1. The molecule has 0 fully saturated rings. The van der Waals surface area contributed by atoms with E-state index in [1.165, 1.54) is 17.0 Å². The molecule has 0 radical (unpaired) electrons. The fourth-order valence-corrected chi connectivity index (χ4v) is 5.90. The minimum atomic E-state index is -4.14. The molecule has 1 N–H and O–H groups in total. The lowest BCUT2D eigenvalue weighted by Crippen LogP contribution is -2.52. The average molecular weight is 570 g/mol. The van der Waals surface area contributed by atoms with Gasteiger partial charge in [0.05, 0.1) is 10.6 Å². The van der Waals surface area contributed by atoms with Crippen molar-refractivity contribution in [2.24, 2.45) is 0 Å². The number of nitrogens with zero attached hydrogens (tertiary/aromatic N) is 2. The number of sulfonamides is 1. The Bertz CT molecular complexity index is 1420. The third kappa shape index (κ3) is 7.40. The number of likely N-dealkylation sites (N-methyl/N-ethyl adjacent to an activating group) is 1. The fourth-order valence-electron chi connectivity index (χ4n) is 4.32. The minimum Gasteiger partial charge on any atom is -0.355 e. The zero-order chi connectivity index (χ0) is 28.7. The van der Waals surface area contributed by atoms with Crippen LogP contribution in [0.5, 0.6) is 0 Å². The second kappa shape index (κ2) is 13.1. The van der Waals surface area contributed by atoms with Crippen LogP contribution in [0.3, 0.4) is 0 Å². The molecule has 39 heavy (non-hydrogen) atoms. The van der Waals surface area contributed by atoms with Gasteiger partial charge >= 0.3 is 0 Å². The van der Waals surface area contributed by atoms with Crippen LogP contribution in [0.1, 0.15) is 42.5 Å². The average Bonchev–Trinajstić information content (AvgIpc) is 2.89. The summed E-state index contributed by atoms with van der Waals surface area (Å²) in [5.74, 6) is -0.783. The van der Waals surface area contributed by atoms with Crippen LogP contribution in [0.15, 0.2) is 71.6 Å². The number of rotatable bonds is 11. The normalized spacial score (nSPS) is 12.1. The standard InChI is InChI=1S/C30H36ClN3O4S/c1-6-28(30(36)32-7-2)33(19-24-10-8-9-22(4)17-24)29(35)20-34(25-14-13-23(5)27(31)18-25)39(37,38)26-15-11-21(3)12-16-26/h8-18,28H,6-7,19-20H2,1-5H3,(H,32,36)/t28-/m1/s1. The molecule has 0 saturated carbocycles. The van der Waals surface area contributed by atoms with E-state index >= 15 is 0 Å². The summed E-state index contributed by atoms with van der Waals surface area (Å²) in [4.78, 5) is 28.5. The van der Waals surface area contributed by atoms with E-state index in [1.807, 2.05) is 58.9 Å². The molecule has 3 aromatic rings. The zero-order valence-electron chi connectivity index (χ0n) is 23.1. The molecule has 9 heteroatoms. The van der Waals surface area contributed by atoms with Gasteiger partial charge < -0.3 is 10.2 Å². The van der Waals surface area contributed by atoms with E-state index in [0.717, 1.165) is 26.6 Å². The Hall–Kier alpha value is -3.36. The molecule has 0 aromatic heterocycles. The van der Waals surface area contributed by atoms with E-state index in [9.17, 15) is 18.0 Å². The highest BCUT2D eigenvalue weighted by Crippen LogP contribution is 2.29. The molecule has 0 bridgehead atoms. The number of amides is 2. The maximum Gasteiger partial charge on any atom is 0.264 e. The molecule has 0 aliphatic carbocycles. The van der Waals surface area contributed by atoms with Gasteiger partial charge in [-0.15, -0.1) is 0 Å². The first-order valence-corrected chi connectivity index (χ1v) is 14.8. The second-order valence-corrected chi connectivity index (χ2v) is 11.9. The van der Waals surface area contributed by atoms with Crippen molar-refractivity contribution in [3.05, 3.63) is 94.0 Å². The van der Waals surface area contributed by atoms with Crippen molar-refractivity contribution in [1.82, 2.24) is 10.2 Å². The third-order valence-corrected chi connectivity index (χ3v) is 8.70. The van der Waals surface area contributed by atoms with Gasteiger partial charge in [-0.25, -0.2) is 8.42 Å².